The summed E-state index contributed by atoms with van der Waals surface area (Å²) in [4.78, 5) is 0. The summed E-state index contributed by atoms with van der Waals surface area (Å²) in [5.41, 5.74) is 0. The van der Waals surface area contributed by atoms with Crippen molar-refractivity contribution >= 4 is 14.7 Å². The van der Waals surface area contributed by atoms with Crippen molar-refractivity contribution in [2.24, 2.45) is 0 Å². The largest absolute Gasteiger partial charge is 0.326 e. The Morgan fingerprint density at radius 1 is 1.50 bits per heavy atom. The van der Waals surface area contributed by atoms with Crippen molar-refractivity contribution in [2.45, 2.75) is 5.90 Å². The predicted octanol–water partition coefficient (Wildman–Crippen LogP) is 1.81. The van der Waals surface area contributed by atoms with Crippen LogP contribution in [0.5, 0.6) is 0 Å². The van der Waals surface area contributed by atoms with Crippen LogP contribution < -0.4 is 0 Å². The number of nitrogens with one attached hydrogen (secondary N) is 1. The summed E-state index contributed by atoms with van der Waals surface area (Å²) in [6.45, 7) is 0. The molecule has 4 heavy (non-hydrogen) atoms. The molecular formula is CH3NP2. The lowest BCUT2D eigenvalue weighted by Crippen LogP contribution is -1.30. The quantitative estimate of drug-likeness (QED) is 0.508. The third-order valence-electron chi connectivity index (χ3n) is 0.666. The molecule has 3 heteroatoms. The van der Waals surface area contributed by atoms with Crippen LogP contribution in [0.25, 0.3) is 0 Å². The Morgan fingerprint density at radius 2 is 1.75 bits per heavy atom. The molecule has 0 amide bonds. The maximum Gasteiger partial charge on any atom is 0.0636 e. The third kappa shape index (κ3) is 0.0667. The van der Waals surface area contributed by atoms with E-state index in [1.807, 2.05) is 0 Å². The van der Waals surface area contributed by atoms with E-state index in [9.17, 15) is 0 Å². The van der Waals surface area contributed by atoms with Crippen molar-refractivity contribution in [3.05, 3.63) is 0 Å². The van der Waals surface area contributed by atoms with Gasteiger partial charge in [0.15, 0.2) is 0 Å². The molecule has 22 valence electrons. The molecule has 1 aromatic heterocycles. The zero-order chi connectivity index (χ0) is 2.57. The van der Waals surface area contributed by atoms with Gasteiger partial charge in [-0.3, -0.25) is 0 Å². The summed E-state index contributed by atoms with van der Waals surface area (Å²) in [5.74, 6) is 1.60. The van der Waals surface area contributed by atoms with Gasteiger partial charge in [-0.2, -0.15) is 0 Å². The molecule has 1 aliphatic rings. The number of hydrogen-bond donors (Lipinski definition) is 1. The summed E-state index contributed by atoms with van der Waals surface area (Å²) in [5, 5.41) is 0. The Balaban J connectivity index is 3.11. The topological polar surface area (TPSA) is 15.8 Å². The molecule has 1 nitrogen and oxygen atoms in total. The van der Waals surface area contributed by atoms with Crippen molar-refractivity contribution in [1.82, 2.24) is 4.51 Å². The Labute approximate surface area is 26.2 Å². The van der Waals surface area contributed by atoms with Crippen LogP contribution in [0.1, 0.15) is 0 Å². The van der Waals surface area contributed by atoms with E-state index in [1.54, 1.807) is 5.90 Å². The zero-order valence-electron chi connectivity index (χ0n) is 2.10. The van der Waals surface area contributed by atoms with E-state index in [4.69, 9.17) is 0 Å². The number of hydrogen-bond acceptors (Lipinski definition) is 0. The van der Waals surface area contributed by atoms with Crippen LogP contribution in [-0.4, -0.2) is 4.51 Å². The molecule has 0 fully saturated rings. The highest BCUT2D eigenvalue weighted by Gasteiger charge is 2.25. The van der Waals surface area contributed by atoms with Crippen molar-refractivity contribution < 1.29 is 0 Å². The molecule has 0 saturated heterocycles. The summed E-state index contributed by atoms with van der Waals surface area (Å²) < 4.78 is 3.32. The summed E-state index contributed by atoms with van der Waals surface area (Å²) in [6.07, 6.45) is 0. The van der Waals surface area contributed by atoms with Crippen LogP contribution in [0, 0.1) is 0 Å². The van der Waals surface area contributed by atoms with Crippen LogP contribution in [0.2, 0.25) is 0 Å². The van der Waals surface area contributed by atoms with E-state index >= 15 is 0 Å². The third-order valence-corrected chi connectivity index (χ3v) is 5.99. The molecule has 1 aliphatic heterocycles. The number of fused-ring (bicyclic) bond motifs is 1. The molecule has 2 rings (SSSR count). The average molecular weight is 91.0 g/mol. The number of aromatic nitrogens is 1. The van der Waals surface area contributed by atoms with E-state index < -0.39 is 0 Å². The minimum atomic E-state index is 0.611. The molecule has 2 heterocycles. The lowest BCUT2D eigenvalue weighted by Gasteiger charge is -1.54. The smallest absolute Gasteiger partial charge is 0.0636 e. The number of H-pyrrole nitrogens is 1. The minimum Gasteiger partial charge on any atom is -0.326 e. The first kappa shape index (κ1) is 1.74. The fourth-order valence-electron chi connectivity index (χ4n) is 0.197. The summed E-state index contributed by atoms with van der Waals surface area (Å²) in [7, 11) is 1.22. The average Bonchev–Trinajstić information content (AvgIpc) is 1.36. The van der Waals surface area contributed by atoms with Gasteiger partial charge in [0.25, 0.3) is 0 Å². The van der Waals surface area contributed by atoms with Gasteiger partial charge in [0.1, 0.15) is 0 Å². The van der Waals surface area contributed by atoms with Gasteiger partial charge in [0.05, 0.1) is 5.90 Å². The summed E-state index contributed by atoms with van der Waals surface area (Å²) >= 11 is 0. The fourth-order valence-corrected chi connectivity index (χ4v) is 4.05. The normalized spacial score (nSPS) is 26.0. The van der Waals surface area contributed by atoms with Crippen molar-refractivity contribution in [2.75, 3.05) is 0 Å². The Bertz CT molecular complexity index is 101. The van der Waals surface area contributed by atoms with Crippen LogP contribution in [0.3, 0.4) is 0 Å². The fraction of sp³-hybridized carbons (Fsp3) is 1.00. The molecular weight excluding hydrogens is 88.0 g/mol. The molecule has 0 bridgehead atoms. The maximum absolute atomic E-state index is 3.32. The lowest BCUT2D eigenvalue weighted by atomic mass is 11.9. The lowest BCUT2D eigenvalue weighted by molar-refractivity contribution is 1.78. The minimum absolute atomic E-state index is 0.611. The Hall–Kier alpha value is 0.400. The first-order chi connectivity index (χ1) is 1.97. The molecule has 0 aromatic carbocycles. The molecule has 1 N–H and O–H groups in total. The number of aromatic amines is 1. The monoisotopic (exact) mass is 91.0 g/mol. The van der Waals surface area contributed by atoms with E-state index in [0.717, 1.165) is 0 Å². The highest BCUT2D eigenvalue weighted by Crippen LogP contribution is 2.80. The van der Waals surface area contributed by atoms with Gasteiger partial charge in [-0.05, 0) is 14.7 Å². The second kappa shape index (κ2) is 0.278. The molecule has 1 aromatic rings. The van der Waals surface area contributed by atoms with Crippen molar-refractivity contribution in [3.63, 3.8) is 0 Å². The first-order valence-corrected chi connectivity index (χ1v) is 5.04. The number of rotatable bonds is 0. The molecule has 0 saturated carbocycles. The van der Waals surface area contributed by atoms with Gasteiger partial charge in [-0.1, -0.05) is 0 Å². The van der Waals surface area contributed by atoms with Gasteiger partial charge >= 0.3 is 0 Å². The van der Waals surface area contributed by atoms with Gasteiger partial charge < -0.3 is 4.51 Å². The second-order valence-electron chi connectivity index (χ2n) is 1.04. The van der Waals surface area contributed by atoms with Crippen molar-refractivity contribution in [1.29, 1.82) is 0 Å². The van der Waals surface area contributed by atoms with Gasteiger partial charge in [-0.15, -0.1) is 0 Å². The van der Waals surface area contributed by atoms with Gasteiger partial charge in [0, 0.05) is 0 Å². The summed E-state index contributed by atoms with van der Waals surface area (Å²) in [6, 6.07) is 0. The first-order valence-electron chi connectivity index (χ1n) is 1.28. The standard InChI is InChI=1S/CH3NP2/c1-3-2-4(1)3/h2H,1H2. The second-order valence-corrected chi connectivity index (χ2v) is 7.47. The zero-order valence-corrected chi connectivity index (χ0v) is 3.89. The van der Waals surface area contributed by atoms with Gasteiger partial charge in [-0.25, -0.2) is 0 Å². The van der Waals surface area contributed by atoms with Crippen LogP contribution in [0.4, 0.5) is 0 Å². The maximum atomic E-state index is 3.32. The molecule has 2 unspecified atom stereocenters. The van der Waals surface area contributed by atoms with E-state index in [-0.39, 0.29) is 0 Å². The van der Waals surface area contributed by atoms with Gasteiger partial charge in [0.2, 0.25) is 0 Å². The van der Waals surface area contributed by atoms with Crippen molar-refractivity contribution in [3.8, 4) is 0 Å². The molecule has 0 aliphatic carbocycles. The molecule has 2 atom stereocenters. The van der Waals surface area contributed by atoms with E-state index in [2.05, 4.69) is 4.51 Å². The van der Waals surface area contributed by atoms with Crippen LogP contribution in [-0.2, 0) is 5.90 Å². The molecule has 0 spiro atoms. The highest BCUT2D eigenvalue weighted by molar-refractivity contribution is 8.30. The van der Waals surface area contributed by atoms with E-state index in [1.165, 1.54) is 0 Å². The van der Waals surface area contributed by atoms with E-state index in [0.29, 0.717) is 14.7 Å². The molecule has 0 radical (unpaired) electrons. The van der Waals surface area contributed by atoms with Crippen LogP contribution >= 0.6 is 14.7 Å². The van der Waals surface area contributed by atoms with Crippen LogP contribution in [0.15, 0.2) is 0 Å². The Morgan fingerprint density at radius 3 is 1.75 bits per heavy atom. The Kier molecular flexibility index (Phi) is 0.121. The SMILES string of the molecule is C1p2[nH]p21. The predicted molar refractivity (Wildman–Crippen MR) is 21.6 cm³/mol. The highest BCUT2D eigenvalue weighted by atomic mass is 32.0.